The van der Waals surface area contributed by atoms with Crippen molar-refractivity contribution >= 4 is 77.7 Å². The van der Waals surface area contributed by atoms with Gasteiger partial charge in [0, 0.05) is 11.4 Å². The van der Waals surface area contributed by atoms with Crippen LogP contribution in [0.3, 0.4) is 0 Å². The molecule has 20 heteroatoms. The zero-order valence-corrected chi connectivity index (χ0v) is 26.0. The highest BCUT2D eigenvalue weighted by Gasteiger charge is 2.21. The summed E-state index contributed by atoms with van der Waals surface area (Å²) in [5.74, 6) is -2.78. The van der Waals surface area contributed by atoms with E-state index < -0.39 is 42.0 Å². The molecule has 48 heavy (non-hydrogen) atoms. The Labute approximate surface area is 271 Å². The van der Waals surface area contributed by atoms with Gasteiger partial charge in [0.25, 0.3) is 20.2 Å². The highest BCUT2D eigenvalue weighted by Crippen LogP contribution is 2.34. The van der Waals surface area contributed by atoms with Gasteiger partial charge in [0.1, 0.15) is 11.4 Å². The van der Waals surface area contributed by atoms with Crippen molar-refractivity contribution in [3.05, 3.63) is 82.9 Å². The molecule has 0 bridgehead atoms. The molecule has 0 heterocycles. The van der Waals surface area contributed by atoms with Crippen molar-refractivity contribution in [3.8, 4) is 0 Å². The van der Waals surface area contributed by atoms with Crippen molar-refractivity contribution in [2.24, 2.45) is 20.5 Å². The Morgan fingerprint density at radius 2 is 0.917 bits per heavy atom. The highest BCUT2D eigenvalue weighted by atomic mass is 32.2. The van der Waals surface area contributed by atoms with Crippen LogP contribution >= 0.6 is 0 Å². The van der Waals surface area contributed by atoms with Gasteiger partial charge in [-0.15, -0.1) is 10.2 Å². The Morgan fingerprint density at radius 3 is 1.23 bits per heavy atom. The molecule has 0 aliphatic rings. The highest BCUT2D eigenvalue weighted by molar-refractivity contribution is 7.86. The molecule has 12 N–H and O–H groups in total. The van der Waals surface area contributed by atoms with Crippen LogP contribution in [0, 0.1) is 0 Å². The normalized spacial score (nSPS) is 12.1. The van der Waals surface area contributed by atoms with Gasteiger partial charge in [-0.25, -0.2) is 9.59 Å². The van der Waals surface area contributed by atoms with Gasteiger partial charge in [-0.05, 0) is 72.5 Å². The van der Waals surface area contributed by atoms with Crippen LogP contribution in [0.25, 0.3) is 0 Å². The fourth-order valence-corrected chi connectivity index (χ4v) is 6.04. The maximum atomic E-state index is 12.3. The molecular weight excluding hydrogens is 672 g/mol. The number of benzene rings is 4. The van der Waals surface area contributed by atoms with Crippen LogP contribution in [0.4, 0.5) is 45.5 Å². The second-order valence-electron chi connectivity index (χ2n) is 10.1. The second-order valence-corrected chi connectivity index (χ2v) is 12.8. The lowest BCUT2D eigenvalue weighted by Crippen LogP contribution is -2.07. The Bertz CT molecular complexity index is 2100. The van der Waals surface area contributed by atoms with E-state index in [-0.39, 0.29) is 80.6 Å². The second kappa shape index (κ2) is 13.4. The van der Waals surface area contributed by atoms with Gasteiger partial charge in [0.2, 0.25) is 0 Å². The lowest BCUT2D eigenvalue weighted by molar-refractivity contribution is 0.0687. The number of carboxylic acid groups (broad SMARTS) is 2. The number of azo groups is 2. The monoisotopic (exact) mass is 698 g/mol. The van der Waals surface area contributed by atoms with Gasteiger partial charge in [0.05, 0.1) is 43.7 Å². The first-order chi connectivity index (χ1) is 22.3. The Hall–Kier alpha value is -5.96. The molecule has 4 aromatic rings. The molecule has 18 nitrogen and oxygen atoms in total. The van der Waals surface area contributed by atoms with Gasteiger partial charge in [0.15, 0.2) is 0 Å². The zero-order chi connectivity index (χ0) is 35.6. The number of nitrogens with zero attached hydrogens (tertiary/aromatic N) is 4. The molecule has 4 aromatic carbocycles. The van der Waals surface area contributed by atoms with Gasteiger partial charge < -0.3 is 33.1 Å². The summed E-state index contributed by atoms with van der Waals surface area (Å²) in [4.78, 5) is 22.0. The van der Waals surface area contributed by atoms with E-state index in [1.807, 2.05) is 0 Å². The summed E-state index contributed by atoms with van der Waals surface area (Å²) >= 11 is 0. The van der Waals surface area contributed by atoms with E-state index in [9.17, 15) is 45.7 Å². The first kappa shape index (κ1) is 34.9. The largest absolute Gasteiger partial charge is 0.478 e. The molecule has 0 radical (unpaired) electrons. The number of carboxylic acids is 2. The van der Waals surface area contributed by atoms with Crippen LogP contribution in [-0.4, -0.2) is 48.1 Å². The van der Waals surface area contributed by atoms with Crippen LogP contribution in [0.1, 0.15) is 31.8 Å². The molecule has 0 aliphatic heterocycles. The average molecular weight is 699 g/mol. The molecule has 250 valence electrons. The number of aryl methyl sites for hydroxylation is 2. The molecule has 4 rings (SSSR count). The number of anilines is 4. The fraction of sp³-hybridized carbons (Fsp3) is 0.0714. The van der Waals surface area contributed by atoms with Crippen molar-refractivity contribution in [2.45, 2.75) is 22.6 Å². The Kier molecular flexibility index (Phi) is 9.75. The molecule has 0 aromatic heterocycles. The maximum absolute atomic E-state index is 12.3. The van der Waals surface area contributed by atoms with E-state index in [1.165, 1.54) is 36.4 Å². The third-order valence-corrected chi connectivity index (χ3v) is 8.51. The first-order valence-electron chi connectivity index (χ1n) is 13.2. The topological polar surface area (TPSA) is 337 Å². The molecule has 0 spiro atoms. The molecule has 0 aliphatic carbocycles. The van der Waals surface area contributed by atoms with Gasteiger partial charge in [-0.1, -0.05) is 12.1 Å². The SMILES string of the molecule is Nc1cc(N)c(N=Nc2ccc(CCc3ccc(N=Nc4c(N)cc(N)cc4C(=O)O)cc3S(=O)(=O)O)c(S(=O)(=O)O)c2)c(C(=O)O)c1. The minimum atomic E-state index is -4.87. The molecule has 0 saturated heterocycles. The summed E-state index contributed by atoms with van der Waals surface area (Å²) in [5.41, 5.74) is 21.5. The van der Waals surface area contributed by atoms with Crippen molar-refractivity contribution in [3.63, 3.8) is 0 Å². The molecule has 0 atom stereocenters. The van der Waals surface area contributed by atoms with Gasteiger partial charge >= 0.3 is 11.9 Å². The van der Waals surface area contributed by atoms with E-state index >= 15 is 0 Å². The predicted octanol–water partition coefficient (Wildman–Crippen LogP) is 4.52. The van der Waals surface area contributed by atoms with Gasteiger partial charge in [-0.3, -0.25) is 9.11 Å². The minimum absolute atomic E-state index is 0.0275. The Morgan fingerprint density at radius 1 is 0.562 bits per heavy atom. The zero-order valence-electron chi connectivity index (χ0n) is 24.3. The predicted molar refractivity (Wildman–Crippen MR) is 173 cm³/mol. The maximum Gasteiger partial charge on any atom is 0.338 e. The molecule has 0 unspecified atom stereocenters. The van der Waals surface area contributed by atoms with E-state index in [4.69, 9.17) is 22.9 Å². The summed E-state index contributed by atoms with van der Waals surface area (Å²) in [5, 5.41) is 34.2. The van der Waals surface area contributed by atoms with Gasteiger partial charge in [-0.2, -0.15) is 27.1 Å². The lowest BCUT2D eigenvalue weighted by Gasteiger charge is -2.11. The molecule has 0 fully saturated rings. The number of aromatic carboxylic acids is 2. The summed E-state index contributed by atoms with van der Waals surface area (Å²) < 4.78 is 68.8. The van der Waals surface area contributed by atoms with E-state index in [2.05, 4.69) is 20.5 Å². The smallest absolute Gasteiger partial charge is 0.338 e. The summed E-state index contributed by atoms with van der Waals surface area (Å²) in [6, 6.07) is 11.8. The van der Waals surface area contributed by atoms with Crippen LogP contribution in [0.15, 0.2) is 90.9 Å². The number of nitrogens with two attached hydrogens (primary N) is 4. The van der Waals surface area contributed by atoms with Crippen molar-refractivity contribution < 1.29 is 45.7 Å². The first-order valence-corrected chi connectivity index (χ1v) is 16.1. The number of rotatable bonds is 11. The number of hydrogen-bond donors (Lipinski definition) is 8. The molecular formula is C28H26N8O10S2. The average Bonchev–Trinajstić information content (AvgIpc) is 2.97. The van der Waals surface area contributed by atoms with E-state index in [0.29, 0.717) is 0 Å². The van der Waals surface area contributed by atoms with Crippen molar-refractivity contribution in [1.29, 1.82) is 0 Å². The van der Waals surface area contributed by atoms with Crippen LogP contribution < -0.4 is 22.9 Å². The van der Waals surface area contributed by atoms with Crippen molar-refractivity contribution in [2.75, 3.05) is 22.9 Å². The van der Waals surface area contributed by atoms with Crippen molar-refractivity contribution in [1.82, 2.24) is 0 Å². The van der Waals surface area contributed by atoms with E-state index in [1.54, 1.807) is 0 Å². The standard InChI is InChI=1S/C28H26N8O10S2/c29-15-7-19(27(37)38)25(21(31)9-15)35-33-17-5-3-13(23(11-17)47(41,42)43)1-2-14-4-6-18(12-24(14)48(44,45)46)34-36-26-20(28(39)40)8-16(30)10-22(26)32/h3-12H,1-2,29-32H2,(H,37,38)(H,39,40)(H,41,42,43)(H,44,45,46). The number of nitrogen functional groups attached to an aromatic ring is 4. The third kappa shape index (κ3) is 8.06. The van der Waals surface area contributed by atoms with Crippen LogP contribution in [0.5, 0.6) is 0 Å². The number of carbonyl (C=O) groups is 2. The molecule has 0 amide bonds. The molecule has 0 saturated carbocycles. The third-order valence-electron chi connectivity index (χ3n) is 6.64. The quantitative estimate of drug-likeness (QED) is 0.0606. The Balaban J connectivity index is 1.65. The number of hydrogen-bond acceptors (Lipinski definition) is 14. The summed E-state index contributed by atoms with van der Waals surface area (Å²) in [6.07, 6.45) is -0.345. The lowest BCUT2D eigenvalue weighted by atomic mass is 10.0. The van der Waals surface area contributed by atoms with Crippen LogP contribution in [-0.2, 0) is 33.1 Å². The van der Waals surface area contributed by atoms with E-state index in [0.717, 1.165) is 24.3 Å². The van der Waals surface area contributed by atoms with Crippen LogP contribution in [0.2, 0.25) is 0 Å². The summed E-state index contributed by atoms with van der Waals surface area (Å²) in [7, 11) is -9.73. The minimum Gasteiger partial charge on any atom is -0.478 e. The fourth-order valence-electron chi connectivity index (χ4n) is 4.50. The summed E-state index contributed by atoms with van der Waals surface area (Å²) in [6.45, 7) is 0.